The molecule has 0 radical (unpaired) electrons. The average Bonchev–Trinajstić information content (AvgIpc) is 2.29. The molecule has 0 saturated carbocycles. The van der Waals surface area contributed by atoms with E-state index in [1.807, 2.05) is 18.2 Å². The van der Waals surface area contributed by atoms with E-state index < -0.39 is 10.4 Å². The quantitative estimate of drug-likeness (QED) is 0.421. The molecule has 2 aromatic carbocycles. The predicted molar refractivity (Wildman–Crippen MR) is 62.2 cm³/mol. The van der Waals surface area contributed by atoms with Crippen LogP contribution in [0.25, 0.3) is 11.1 Å². The number of hydrogen-bond donors (Lipinski definition) is 0. The molecular formula is C12H9KO4S. The maximum absolute atomic E-state index is 10.6. The van der Waals surface area contributed by atoms with Crippen molar-refractivity contribution >= 4 is 10.4 Å². The zero-order valence-electron chi connectivity index (χ0n) is 9.74. The molecule has 0 unspecified atom stereocenters. The van der Waals surface area contributed by atoms with Crippen LogP contribution in [0.3, 0.4) is 0 Å². The average molecular weight is 288 g/mol. The zero-order valence-corrected chi connectivity index (χ0v) is 13.7. The first-order chi connectivity index (χ1) is 8.06. The molecule has 0 atom stereocenters. The number of para-hydroxylation sites is 1. The van der Waals surface area contributed by atoms with E-state index >= 15 is 0 Å². The fraction of sp³-hybridized carbons (Fsp3) is 0. The fourth-order valence-electron chi connectivity index (χ4n) is 1.51. The second-order valence-corrected chi connectivity index (χ2v) is 4.34. The first kappa shape index (κ1) is 15.8. The monoisotopic (exact) mass is 288 g/mol. The summed E-state index contributed by atoms with van der Waals surface area (Å²) in [5, 5.41) is 0. The van der Waals surface area contributed by atoms with Crippen molar-refractivity contribution in [3.05, 3.63) is 54.6 Å². The summed E-state index contributed by atoms with van der Waals surface area (Å²) in [5.74, 6) is 0.0358. The van der Waals surface area contributed by atoms with Crippen molar-refractivity contribution in [2.75, 3.05) is 0 Å². The summed E-state index contributed by atoms with van der Waals surface area (Å²) < 4.78 is 36.2. The van der Waals surface area contributed by atoms with Gasteiger partial charge in [0.25, 0.3) is 10.4 Å². The SMILES string of the molecule is O=S(=O)([O-])Oc1ccccc1-c1ccccc1.[K+]. The van der Waals surface area contributed by atoms with Gasteiger partial charge in [-0.2, -0.15) is 0 Å². The van der Waals surface area contributed by atoms with Crippen LogP contribution in [0.2, 0.25) is 0 Å². The maximum Gasteiger partial charge on any atom is 1.00 e. The Kier molecular flexibility index (Phi) is 5.99. The Hall–Kier alpha value is -0.214. The third-order valence-electron chi connectivity index (χ3n) is 2.16. The predicted octanol–water partition coefficient (Wildman–Crippen LogP) is -0.803. The van der Waals surface area contributed by atoms with Crippen molar-refractivity contribution in [2.45, 2.75) is 0 Å². The molecule has 4 nitrogen and oxygen atoms in total. The number of rotatable bonds is 3. The van der Waals surface area contributed by atoms with Crippen molar-refractivity contribution in [1.29, 1.82) is 0 Å². The van der Waals surface area contributed by atoms with Gasteiger partial charge in [-0.05, 0) is 11.6 Å². The molecule has 0 aliphatic heterocycles. The maximum atomic E-state index is 10.6. The minimum atomic E-state index is -4.76. The summed E-state index contributed by atoms with van der Waals surface area (Å²) in [6.07, 6.45) is 0. The zero-order chi connectivity index (χ0) is 12.3. The van der Waals surface area contributed by atoms with Crippen LogP contribution < -0.4 is 55.6 Å². The molecule has 6 heteroatoms. The standard InChI is InChI=1S/C12H10O4S.K/c13-17(14,15)16-12-9-5-4-8-11(12)10-6-2-1-3-7-10;/h1-9H,(H,13,14,15);/q;+1/p-1. The molecule has 2 rings (SSSR count). The van der Waals surface area contributed by atoms with Crippen LogP contribution >= 0.6 is 0 Å². The van der Waals surface area contributed by atoms with Gasteiger partial charge < -0.3 is 8.74 Å². The smallest absolute Gasteiger partial charge is 0.716 e. The third kappa shape index (κ3) is 4.47. The Morgan fingerprint density at radius 1 is 0.889 bits per heavy atom. The van der Waals surface area contributed by atoms with Gasteiger partial charge in [0.1, 0.15) is 5.75 Å². The van der Waals surface area contributed by atoms with Gasteiger partial charge in [-0.15, -0.1) is 0 Å². The van der Waals surface area contributed by atoms with Crippen LogP contribution in [0.4, 0.5) is 0 Å². The summed E-state index contributed by atoms with van der Waals surface area (Å²) in [4.78, 5) is 0. The van der Waals surface area contributed by atoms with Crippen molar-refractivity contribution in [2.24, 2.45) is 0 Å². The first-order valence-corrected chi connectivity index (χ1v) is 6.19. The van der Waals surface area contributed by atoms with Gasteiger partial charge in [-0.3, -0.25) is 0 Å². The Bertz CT molecular complexity index is 611. The van der Waals surface area contributed by atoms with Crippen LogP contribution in [0.5, 0.6) is 5.75 Å². The Labute approximate surface area is 148 Å². The fourth-order valence-corrected chi connectivity index (χ4v) is 1.87. The van der Waals surface area contributed by atoms with Crippen molar-refractivity contribution in [3.63, 3.8) is 0 Å². The molecule has 0 aliphatic carbocycles. The van der Waals surface area contributed by atoms with Gasteiger partial charge in [-0.1, -0.05) is 48.5 Å². The van der Waals surface area contributed by atoms with E-state index in [1.165, 1.54) is 6.07 Å². The summed E-state index contributed by atoms with van der Waals surface area (Å²) in [5.41, 5.74) is 1.35. The Balaban J connectivity index is 0.00000162. The van der Waals surface area contributed by atoms with E-state index in [-0.39, 0.29) is 57.1 Å². The second kappa shape index (κ2) is 6.81. The van der Waals surface area contributed by atoms with Gasteiger partial charge in [0.05, 0.1) is 0 Å². The summed E-state index contributed by atoms with van der Waals surface area (Å²) >= 11 is 0. The molecule has 0 aromatic heterocycles. The van der Waals surface area contributed by atoms with E-state index in [4.69, 9.17) is 0 Å². The molecular weight excluding hydrogens is 279 g/mol. The van der Waals surface area contributed by atoms with E-state index in [1.54, 1.807) is 30.3 Å². The first-order valence-electron chi connectivity index (χ1n) is 4.86. The van der Waals surface area contributed by atoms with Crippen molar-refractivity contribution in [3.8, 4) is 16.9 Å². The largest absolute Gasteiger partial charge is 1.00 e. The molecule has 2 aromatic rings. The molecule has 0 N–H and O–H groups in total. The molecule has 0 spiro atoms. The molecule has 88 valence electrons. The van der Waals surface area contributed by atoms with Gasteiger partial charge in [0, 0.05) is 5.56 Å². The van der Waals surface area contributed by atoms with Gasteiger partial charge in [0.2, 0.25) is 0 Å². The topological polar surface area (TPSA) is 66.4 Å². The van der Waals surface area contributed by atoms with Crippen LogP contribution in [0, 0.1) is 0 Å². The van der Waals surface area contributed by atoms with Crippen LogP contribution in [0.1, 0.15) is 0 Å². The molecule has 0 amide bonds. The van der Waals surface area contributed by atoms with Gasteiger partial charge >= 0.3 is 51.4 Å². The molecule has 0 bridgehead atoms. The Morgan fingerprint density at radius 3 is 2.06 bits per heavy atom. The number of benzene rings is 2. The van der Waals surface area contributed by atoms with Crippen LogP contribution in [0.15, 0.2) is 54.6 Å². The Morgan fingerprint density at radius 2 is 1.44 bits per heavy atom. The molecule has 0 heterocycles. The third-order valence-corrected chi connectivity index (χ3v) is 2.55. The van der Waals surface area contributed by atoms with E-state index in [2.05, 4.69) is 4.18 Å². The molecule has 0 fully saturated rings. The summed E-state index contributed by atoms with van der Waals surface area (Å²) in [6.45, 7) is 0. The van der Waals surface area contributed by atoms with Crippen LogP contribution in [-0.4, -0.2) is 13.0 Å². The molecule has 18 heavy (non-hydrogen) atoms. The minimum Gasteiger partial charge on any atom is -0.716 e. The summed E-state index contributed by atoms with van der Waals surface area (Å²) in [6, 6.07) is 15.6. The van der Waals surface area contributed by atoms with E-state index in [9.17, 15) is 13.0 Å². The minimum absolute atomic E-state index is 0. The molecule has 0 saturated heterocycles. The van der Waals surface area contributed by atoms with Crippen molar-refractivity contribution in [1.82, 2.24) is 0 Å². The van der Waals surface area contributed by atoms with Crippen LogP contribution in [-0.2, 0) is 10.4 Å². The number of hydrogen-bond acceptors (Lipinski definition) is 4. The van der Waals surface area contributed by atoms with Crippen molar-refractivity contribution < 1.29 is 68.5 Å². The van der Waals surface area contributed by atoms with Gasteiger partial charge in [0.15, 0.2) is 0 Å². The van der Waals surface area contributed by atoms with E-state index in [0.717, 1.165) is 5.56 Å². The van der Waals surface area contributed by atoms with E-state index in [0.29, 0.717) is 5.56 Å². The molecule has 0 aliphatic rings. The second-order valence-electron chi connectivity index (χ2n) is 3.35. The summed E-state index contributed by atoms with van der Waals surface area (Å²) in [7, 11) is -4.76. The van der Waals surface area contributed by atoms with Gasteiger partial charge in [-0.25, -0.2) is 8.42 Å². The normalized spacial score (nSPS) is 10.5.